The highest BCUT2D eigenvalue weighted by atomic mass is 79.9. The zero-order chi connectivity index (χ0) is 23.9. The van der Waals surface area contributed by atoms with Crippen molar-refractivity contribution < 1.29 is 9.52 Å². The SMILES string of the molecule is Cc1cc(C(C)Nc2cccc(CO)c2Br)c2oc(N3CCC(C)(C)CC3)c(C)c(=O)c2c1. The predicted molar refractivity (Wildman–Crippen MR) is 139 cm³/mol. The van der Waals surface area contributed by atoms with Gasteiger partial charge in [0.25, 0.3) is 0 Å². The Kier molecular flexibility index (Phi) is 6.61. The highest BCUT2D eigenvalue weighted by molar-refractivity contribution is 9.10. The number of piperidine rings is 1. The van der Waals surface area contributed by atoms with Gasteiger partial charge in [-0.1, -0.05) is 32.0 Å². The van der Waals surface area contributed by atoms with E-state index in [1.807, 2.05) is 38.1 Å². The largest absolute Gasteiger partial charge is 0.440 e. The van der Waals surface area contributed by atoms with Gasteiger partial charge in [-0.3, -0.25) is 4.79 Å². The lowest BCUT2D eigenvalue weighted by Gasteiger charge is -2.37. The van der Waals surface area contributed by atoms with Crippen LogP contribution in [0.1, 0.15) is 61.9 Å². The molecule has 1 atom stereocenters. The van der Waals surface area contributed by atoms with Crippen LogP contribution in [-0.2, 0) is 6.61 Å². The van der Waals surface area contributed by atoms with Gasteiger partial charge in [0, 0.05) is 28.8 Å². The summed E-state index contributed by atoms with van der Waals surface area (Å²) in [6.45, 7) is 12.3. The van der Waals surface area contributed by atoms with Crippen LogP contribution in [0.3, 0.4) is 0 Å². The molecule has 0 aliphatic carbocycles. The van der Waals surface area contributed by atoms with Crippen LogP contribution >= 0.6 is 15.9 Å². The van der Waals surface area contributed by atoms with Gasteiger partial charge < -0.3 is 19.7 Å². The maximum atomic E-state index is 13.4. The van der Waals surface area contributed by atoms with Gasteiger partial charge >= 0.3 is 0 Å². The lowest BCUT2D eigenvalue weighted by Crippen LogP contribution is -2.38. The molecule has 33 heavy (non-hydrogen) atoms. The van der Waals surface area contributed by atoms with Crippen molar-refractivity contribution in [2.45, 2.75) is 60.1 Å². The van der Waals surface area contributed by atoms with E-state index in [0.717, 1.165) is 52.8 Å². The van der Waals surface area contributed by atoms with E-state index in [-0.39, 0.29) is 18.1 Å². The fourth-order valence-electron chi connectivity index (χ4n) is 4.62. The van der Waals surface area contributed by atoms with Gasteiger partial charge in [0.05, 0.1) is 23.6 Å². The van der Waals surface area contributed by atoms with E-state index in [1.165, 1.54) is 0 Å². The summed E-state index contributed by atoms with van der Waals surface area (Å²) in [4.78, 5) is 15.6. The molecule has 0 spiro atoms. The molecular formula is C27H33BrN2O3. The number of aryl methyl sites for hydroxylation is 1. The van der Waals surface area contributed by atoms with E-state index >= 15 is 0 Å². The molecule has 3 aromatic rings. The minimum Gasteiger partial charge on any atom is -0.440 e. The Morgan fingerprint density at radius 1 is 1.21 bits per heavy atom. The third-order valence-corrected chi connectivity index (χ3v) is 7.79. The number of anilines is 2. The Bertz CT molecular complexity index is 1240. The lowest BCUT2D eigenvalue weighted by atomic mass is 9.82. The molecule has 2 heterocycles. The Morgan fingerprint density at radius 3 is 2.58 bits per heavy atom. The molecule has 176 valence electrons. The molecule has 1 saturated heterocycles. The van der Waals surface area contributed by atoms with Crippen molar-refractivity contribution in [1.29, 1.82) is 0 Å². The quantitative estimate of drug-likeness (QED) is 0.410. The van der Waals surface area contributed by atoms with E-state index < -0.39 is 0 Å². The summed E-state index contributed by atoms with van der Waals surface area (Å²) in [5.74, 6) is 0.698. The van der Waals surface area contributed by atoms with E-state index in [0.29, 0.717) is 27.8 Å². The molecule has 0 saturated carbocycles. The van der Waals surface area contributed by atoms with Crippen molar-refractivity contribution in [2.75, 3.05) is 23.3 Å². The Hall–Kier alpha value is -2.31. The number of nitrogens with zero attached hydrogens (tertiary/aromatic N) is 1. The van der Waals surface area contributed by atoms with Gasteiger partial charge in [-0.25, -0.2) is 0 Å². The molecule has 2 aromatic carbocycles. The van der Waals surface area contributed by atoms with E-state index in [4.69, 9.17) is 4.42 Å². The molecule has 5 nitrogen and oxygen atoms in total. The number of fused-ring (bicyclic) bond motifs is 1. The second-order valence-electron chi connectivity index (χ2n) is 10.0. The Balaban J connectivity index is 1.78. The summed E-state index contributed by atoms with van der Waals surface area (Å²) in [7, 11) is 0. The summed E-state index contributed by atoms with van der Waals surface area (Å²) in [6, 6.07) is 9.67. The first-order chi connectivity index (χ1) is 15.6. The number of hydrogen-bond acceptors (Lipinski definition) is 5. The highest BCUT2D eigenvalue weighted by Gasteiger charge is 2.28. The summed E-state index contributed by atoms with van der Waals surface area (Å²) in [5, 5.41) is 13.8. The minimum atomic E-state index is -0.114. The number of halogens is 1. The van der Waals surface area contributed by atoms with Crippen LogP contribution in [0.15, 0.2) is 44.0 Å². The summed E-state index contributed by atoms with van der Waals surface area (Å²) in [6.07, 6.45) is 2.14. The van der Waals surface area contributed by atoms with Gasteiger partial charge in [-0.05, 0) is 78.2 Å². The molecule has 4 rings (SSSR count). The van der Waals surface area contributed by atoms with Crippen LogP contribution in [0, 0.1) is 19.3 Å². The molecule has 1 unspecified atom stereocenters. The topological polar surface area (TPSA) is 65.7 Å². The van der Waals surface area contributed by atoms with E-state index in [1.54, 1.807) is 0 Å². The van der Waals surface area contributed by atoms with Crippen molar-refractivity contribution in [3.05, 3.63) is 67.3 Å². The zero-order valence-electron chi connectivity index (χ0n) is 20.1. The lowest BCUT2D eigenvalue weighted by molar-refractivity contribution is 0.274. The third-order valence-electron chi connectivity index (χ3n) is 6.86. The minimum absolute atomic E-state index is 0.0386. The molecule has 1 aliphatic heterocycles. The zero-order valence-corrected chi connectivity index (χ0v) is 21.7. The standard InChI is InChI=1S/C27H33BrN2O3/c1-16-13-20(18(3)29-22-8-6-7-19(15-31)23(22)28)25-21(14-16)24(32)17(2)26(33-25)30-11-9-27(4,5)10-12-30/h6-8,13-14,18,29,31H,9-12,15H2,1-5H3. The number of rotatable bonds is 5. The van der Waals surface area contributed by atoms with Gasteiger partial charge in [0.2, 0.25) is 5.88 Å². The van der Waals surface area contributed by atoms with Crippen LogP contribution in [0.5, 0.6) is 0 Å². The number of nitrogens with one attached hydrogen (secondary N) is 1. The average molecular weight is 513 g/mol. The van der Waals surface area contributed by atoms with E-state index in [9.17, 15) is 9.90 Å². The van der Waals surface area contributed by atoms with Gasteiger partial charge in [-0.2, -0.15) is 0 Å². The number of benzene rings is 2. The summed E-state index contributed by atoms with van der Waals surface area (Å²) in [5.41, 5.74) is 5.35. The first-order valence-electron chi connectivity index (χ1n) is 11.6. The average Bonchev–Trinajstić information content (AvgIpc) is 2.77. The van der Waals surface area contributed by atoms with Crippen molar-refractivity contribution in [3.63, 3.8) is 0 Å². The first kappa shape index (κ1) is 23.8. The summed E-state index contributed by atoms with van der Waals surface area (Å²) >= 11 is 3.60. The molecule has 6 heteroatoms. The molecule has 1 aliphatic rings. The van der Waals surface area contributed by atoms with Crippen LogP contribution in [-0.4, -0.2) is 18.2 Å². The van der Waals surface area contributed by atoms with Crippen molar-refractivity contribution in [2.24, 2.45) is 5.41 Å². The fraction of sp³-hybridized carbons (Fsp3) is 0.444. The molecule has 1 fully saturated rings. The third kappa shape index (κ3) is 4.69. The van der Waals surface area contributed by atoms with Crippen LogP contribution in [0.25, 0.3) is 11.0 Å². The van der Waals surface area contributed by atoms with Gasteiger partial charge in [-0.15, -0.1) is 0 Å². The van der Waals surface area contributed by atoms with Gasteiger partial charge in [0.15, 0.2) is 5.43 Å². The normalized spacial score (nSPS) is 16.8. The second kappa shape index (κ2) is 9.15. The number of aliphatic hydroxyl groups is 1. The van der Waals surface area contributed by atoms with Crippen molar-refractivity contribution in [1.82, 2.24) is 0 Å². The number of aliphatic hydroxyl groups excluding tert-OH is 1. The van der Waals surface area contributed by atoms with Crippen LogP contribution in [0.4, 0.5) is 11.6 Å². The van der Waals surface area contributed by atoms with Crippen molar-refractivity contribution >= 4 is 38.5 Å². The van der Waals surface area contributed by atoms with E-state index in [2.05, 4.69) is 53.0 Å². The smallest absolute Gasteiger partial charge is 0.202 e. The summed E-state index contributed by atoms with van der Waals surface area (Å²) < 4.78 is 7.37. The fourth-order valence-corrected chi connectivity index (χ4v) is 5.12. The highest BCUT2D eigenvalue weighted by Crippen LogP contribution is 2.36. The monoisotopic (exact) mass is 512 g/mol. The first-order valence-corrected chi connectivity index (χ1v) is 12.4. The van der Waals surface area contributed by atoms with Crippen molar-refractivity contribution in [3.8, 4) is 0 Å². The molecule has 0 radical (unpaired) electrons. The Morgan fingerprint density at radius 2 is 1.91 bits per heavy atom. The number of hydrogen-bond donors (Lipinski definition) is 2. The molecule has 2 N–H and O–H groups in total. The maximum absolute atomic E-state index is 13.4. The molecule has 1 aromatic heterocycles. The van der Waals surface area contributed by atoms with Crippen LogP contribution < -0.4 is 15.6 Å². The predicted octanol–water partition coefficient (Wildman–Crippen LogP) is 6.46. The molecule has 0 amide bonds. The molecule has 0 bridgehead atoms. The Labute approximate surface area is 203 Å². The van der Waals surface area contributed by atoms with Crippen LogP contribution in [0.2, 0.25) is 0 Å². The van der Waals surface area contributed by atoms with Gasteiger partial charge in [0.1, 0.15) is 5.58 Å². The molecular weight excluding hydrogens is 480 g/mol. The maximum Gasteiger partial charge on any atom is 0.202 e. The second-order valence-corrected chi connectivity index (χ2v) is 10.8.